The maximum Gasteiger partial charge on any atom is 0.332 e. The summed E-state index contributed by atoms with van der Waals surface area (Å²) in [5.74, 6) is -2.69. The Morgan fingerprint density at radius 1 is 0.923 bits per heavy atom. The lowest BCUT2D eigenvalue weighted by molar-refractivity contribution is -0.147. The third-order valence-electron chi connectivity index (χ3n) is 1.53. The predicted molar refractivity (Wildman–Crippen MR) is 41.1 cm³/mol. The standard InChI is InChI=1S/C7H12O6/c8-4(6(10)11)2-1-3-5(9)7(12)13/h4-5,8-9H,1-3H2,(H,10,11)(H,12,13). The number of hydrogen-bond donors (Lipinski definition) is 4. The highest BCUT2D eigenvalue weighted by Gasteiger charge is 2.16. The van der Waals surface area contributed by atoms with Gasteiger partial charge in [-0.1, -0.05) is 0 Å². The number of hydrogen-bond acceptors (Lipinski definition) is 4. The van der Waals surface area contributed by atoms with Gasteiger partial charge in [0.25, 0.3) is 0 Å². The highest BCUT2D eigenvalue weighted by Crippen LogP contribution is 2.04. The second kappa shape index (κ2) is 5.50. The van der Waals surface area contributed by atoms with Crippen LogP contribution in [0.3, 0.4) is 0 Å². The van der Waals surface area contributed by atoms with Gasteiger partial charge in [0.2, 0.25) is 0 Å². The summed E-state index contributed by atoms with van der Waals surface area (Å²) >= 11 is 0. The summed E-state index contributed by atoms with van der Waals surface area (Å²) in [4.78, 5) is 20.2. The normalized spacial score (nSPS) is 14.9. The van der Waals surface area contributed by atoms with Crippen molar-refractivity contribution in [2.75, 3.05) is 0 Å². The molecule has 6 heteroatoms. The topological polar surface area (TPSA) is 115 Å². The van der Waals surface area contributed by atoms with E-state index in [1.54, 1.807) is 0 Å². The second-order valence-electron chi connectivity index (χ2n) is 2.64. The average molecular weight is 192 g/mol. The van der Waals surface area contributed by atoms with Gasteiger partial charge in [-0.15, -0.1) is 0 Å². The number of aliphatic hydroxyl groups excluding tert-OH is 2. The van der Waals surface area contributed by atoms with Crippen LogP contribution in [0.5, 0.6) is 0 Å². The quantitative estimate of drug-likeness (QED) is 0.431. The molecule has 0 fully saturated rings. The summed E-state index contributed by atoms with van der Waals surface area (Å²) in [6, 6.07) is 0. The fourth-order valence-corrected chi connectivity index (χ4v) is 0.752. The number of carboxylic acid groups (broad SMARTS) is 2. The Hall–Kier alpha value is -1.14. The molecule has 6 nitrogen and oxygen atoms in total. The molecule has 0 amide bonds. The van der Waals surface area contributed by atoms with Crippen molar-refractivity contribution in [3.8, 4) is 0 Å². The lowest BCUT2D eigenvalue weighted by Crippen LogP contribution is -2.22. The van der Waals surface area contributed by atoms with E-state index in [0.29, 0.717) is 0 Å². The first-order chi connectivity index (χ1) is 5.95. The van der Waals surface area contributed by atoms with Gasteiger partial charge in [-0.05, 0) is 19.3 Å². The third-order valence-corrected chi connectivity index (χ3v) is 1.53. The van der Waals surface area contributed by atoms with Crippen molar-refractivity contribution in [1.82, 2.24) is 0 Å². The summed E-state index contributed by atoms with van der Waals surface area (Å²) in [5.41, 5.74) is 0. The molecule has 0 spiro atoms. The van der Waals surface area contributed by atoms with Crippen LogP contribution in [0, 0.1) is 0 Å². The van der Waals surface area contributed by atoms with Crippen molar-refractivity contribution in [1.29, 1.82) is 0 Å². The zero-order chi connectivity index (χ0) is 10.4. The van der Waals surface area contributed by atoms with Crippen LogP contribution in [0.1, 0.15) is 19.3 Å². The molecule has 0 aliphatic rings. The van der Waals surface area contributed by atoms with Gasteiger partial charge in [-0.25, -0.2) is 9.59 Å². The molecule has 0 aromatic rings. The number of aliphatic hydroxyl groups is 2. The molecule has 0 saturated heterocycles. The van der Waals surface area contributed by atoms with E-state index < -0.39 is 24.1 Å². The molecule has 0 aliphatic carbocycles. The van der Waals surface area contributed by atoms with Gasteiger partial charge in [0, 0.05) is 0 Å². The van der Waals surface area contributed by atoms with Crippen molar-refractivity contribution < 1.29 is 30.0 Å². The fraction of sp³-hybridized carbons (Fsp3) is 0.714. The number of carboxylic acids is 2. The first kappa shape index (κ1) is 11.9. The van der Waals surface area contributed by atoms with Crippen molar-refractivity contribution in [2.24, 2.45) is 0 Å². The summed E-state index contributed by atoms with van der Waals surface area (Å²) < 4.78 is 0. The molecule has 0 aromatic heterocycles. The Morgan fingerprint density at radius 2 is 1.23 bits per heavy atom. The maximum absolute atomic E-state index is 10.1. The van der Waals surface area contributed by atoms with Crippen LogP contribution < -0.4 is 0 Å². The van der Waals surface area contributed by atoms with E-state index in [2.05, 4.69) is 0 Å². The van der Waals surface area contributed by atoms with Crippen molar-refractivity contribution in [2.45, 2.75) is 31.5 Å². The van der Waals surface area contributed by atoms with Gasteiger partial charge in [0.15, 0.2) is 12.2 Å². The van der Waals surface area contributed by atoms with E-state index in [0.717, 1.165) is 0 Å². The Bertz CT molecular complexity index is 169. The van der Waals surface area contributed by atoms with Crippen LogP contribution >= 0.6 is 0 Å². The Balaban J connectivity index is 3.56. The number of aliphatic carboxylic acids is 2. The monoisotopic (exact) mass is 192 g/mol. The van der Waals surface area contributed by atoms with Crippen LogP contribution in [0.2, 0.25) is 0 Å². The van der Waals surface area contributed by atoms with Crippen LogP contribution in [0.4, 0.5) is 0 Å². The van der Waals surface area contributed by atoms with E-state index in [-0.39, 0.29) is 19.3 Å². The van der Waals surface area contributed by atoms with Crippen molar-refractivity contribution in [3.63, 3.8) is 0 Å². The van der Waals surface area contributed by atoms with Crippen LogP contribution in [-0.2, 0) is 9.59 Å². The fourth-order valence-electron chi connectivity index (χ4n) is 0.752. The third kappa shape index (κ3) is 5.15. The minimum Gasteiger partial charge on any atom is -0.479 e. The van der Waals surface area contributed by atoms with Gasteiger partial charge >= 0.3 is 11.9 Å². The molecule has 2 unspecified atom stereocenters. The molecule has 0 aromatic carbocycles. The van der Waals surface area contributed by atoms with E-state index >= 15 is 0 Å². The molecule has 13 heavy (non-hydrogen) atoms. The van der Waals surface area contributed by atoms with E-state index in [1.165, 1.54) is 0 Å². The highest BCUT2D eigenvalue weighted by atomic mass is 16.4. The van der Waals surface area contributed by atoms with Crippen molar-refractivity contribution in [3.05, 3.63) is 0 Å². The van der Waals surface area contributed by atoms with E-state index in [1.807, 2.05) is 0 Å². The molecule has 0 radical (unpaired) electrons. The smallest absolute Gasteiger partial charge is 0.332 e. The Kier molecular flexibility index (Phi) is 5.01. The summed E-state index contributed by atoms with van der Waals surface area (Å²) in [5, 5.41) is 34.0. The molecule has 0 bridgehead atoms. The molecular formula is C7H12O6. The van der Waals surface area contributed by atoms with Crippen LogP contribution in [0.25, 0.3) is 0 Å². The Labute approximate surface area is 74.4 Å². The molecule has 0 aliphatic heterocycles. The van der Waals surface area contributed by atoms with Gasteiger partial charge in [-0.3, -0.25) is 0 Å². The van der Waals surface area contributed by atoms with E-state index in [9.17, 15) is 9.59 Å². The predicted octanol–water partition coefficient (Wildman–Crippen LogP) is -0.952. The van der Waals surface area contributed by atoms with Gasteiger partial charge in [0.05, 0.1) is 0 Å². The summed E-state index contributed by atoms with van der Waals surface area (Å²) in [6.45, 7) is 0. The number of carbonyl (C=O) groups is 2. The average Bonchev–Trinajstić information content (AvgIpc) is 2.03. The summed E-state index contributed by atoms with van der Waals surface area (Å²) in [6.07, 6.45) is -2.93. The second-order valence-corrected chi connectivity index (χ2v) is 2.64. The molecule has 0 heterocycles. The van der Waals surface area contributed by atoms with Gasteiger partial charge in [-0.2, -0.15) is 0 Å². The zero-order valence-electron chi connectivity index (χ0n) is 6.88. The van der Waals surface area contributed by atoms with Gasteiger partial charge < -0.3 is 20.4 Å². The highest BCUT2D eigenvalue weighted by molar-refractivity contribution is 5.72. The SMILES string of the molecule is O=C(O)C(O)CCCC(O)C(=O)O. The lowest BCUT2D eigenvalue weighted by atomic mass is 10.1. The largest absolute Gasteiger partial charge is 0.479 e. The summed E-state index contributed by atoms with van der Waals surface area (Å²) in [7, 11) is 0. The molecule has 4 N–H and O–H groups in total. The van der Waals surface area contributed by atoms with Crippen molar-refractivity contribution >= 4 is 11.9 Å². The molecular weight excluding hydrogens is 180 g/mol. The minimum atomic E-state index is -1.49. The minimum absolute atomic E-state index is 0.0559. The van der Waals surface area contributed by atoms with Gasteiger partial charge in [0.1, 0.15) is 0 Å². The lowest BCUT2D eigenvalue weighted by Gasteiger charge is -2.06. The van der Waals surface area contributed by atoms with Crippen LogP contribution in [-0.4, -0.2) is 44.6 Å². The molecule has 0 saturated carbocycles. The Morgan fingerprint density at radius 3 is 1.46 bits per heavy atom. The first-order valence-electron chi connectivity index (χ1n) is 3.77. The maximum atomic E-state index is 10.1. The zero-order valence-corrected chi connectivity index (χ0v) is 6.88. The molecule has 0 rings (SSSR count). The first-order valence-corrected chi connectivity index (χ1v) is 3.77. The number of rotatable bonds is 6. The van der Waals surface area contributed by atoms with Crippen LogP contribution in [0.15, 0.2) is 0 Å². The molecule has 2 atom stereocenters. The van der Waals surface area contributed by atoms with E-state index in [4.69, 9.17) is 20.4 Å². The molecule has 76 valence electrons.